The number of fused-ring (bicyclic) bond motifs is 5. The highest BCUT2D eigenvalue weighted by atomic mass is 127. The summed E-state index contributed by atoms with van der Waals surface area (Å²) < 4.78 is 7.75. The Bertz CT molecular complexity index is 1330. The van der Waals surface area contributed by atoms with E-state index in [-0.39, 0.29) is 5.91 Å². The lowest BCUT2D eigenvalue weighted by molar-refractivity contribution is -0.414. The summed E-state index contributed by atoms with van der Waals surface area (Å²) in [5, 5.41) is 3.10. The van der Waals surface area contributed by atoms with Crippen LogP contribution in [0.25, 0.3) is 21.9 Å². The van der Waals surface area contributed by atoms with Crippen molar-refractivity contribution in [2.75, 3.05) is 40.9 Å². The van der Waals surface area contributed by atoms with E-state index in [1.807, 2.05) is 0 Å². The number of hydrogen-bond donors (Lipinski definition) is 1. The molecule has 4 heterocycles. The number of nitrogens with one attached hydrogen (secondary N) is 1. The molecule has 5 nitrogen and oxygen atoms in total. The predicted molar refractivity (Wildman–Crippen MR) is 146 cm³/mol. The summed E-state index contributed by atoms with van der Waals surface area (Å²) in [7, 11) is 2.20. The summed E-state index contributed by atoms with van der Waals surface area (Å²) in [6, 6.07) is 4.61. The van der Waals surface area contributed by atoms with Crippen molar-refractivity contribution in [2.45, 2.75) is 58.3 Å². The van der Waals surface area contributed by atoms with Crippen molar-refractivity contribution in [1.82, 2.24) is 0 Å². The fourth-order valence-electron chi connectivity index (χ4n) is 6.46. The fraction of sp³-hybridized carbons (Fsp3) is 0.500. The Kier molecular flexibility index (Phi) is 5.82. The third-order valence-corrected chi connectivity index (χ3v) is 8.45. The standard InChI is InChI=1S/C28H32IN3O2/c1-3-17-15-21-24(30-23(33)10-11-29)22-16-18-7-4-13-32-14-6-9-20(26(18)32)28(22)34-27(21)19-8-5-12-31(2)25(17)19/h15-16H,3-14H2,1-2H3/p+1. The Hall–Kier alpha value is -2.09. The minimum absolute atomic E-state index is 0.0871. The summed E-state index contributed by atoms with van der Waals surface area (Å²) in [6.07, 6.45) is 8.13. The van der Waals surface area contributed by atoms with Gasteiger partial charge in [-0.15, -0.1) is 0 Å². The lowest BCUT2D eigenvalue weighted by Crippen LogP contribution is -2.81. The Balaban J connectivity index is 1.79. The molecule has 1 amide bonds. The molecule has 0 fully saturated rings. The third-order valence-electron chi connectivity index (χ3n) is 7.91. The van der Waals surface area contributed by atoms with Crippen molar-refractivity contribution in [3.8, 4) is 0 Å². The predicted octanol–water partition coefficient (Wildman–Crippen LogP) is 3.56. The van der Waals surface area contributed by atoms with Crippen LogP contribution in [0.3, 0.4) is 0 Å². The van der Waals surface area contributed by atoms with Crippen LogP contribution in [0.4, 0.5) is 11.4 Å². The number of benzene rings is 2. The highest BCUT2D eigenvalue weighted by Crippen LogP contribution is 2.42. The Morgan fingerprint density at radius 1 is 1.00 bits per heavy atom. The van der Waals surface area contributed by atoms with Crippen LogP contribution in [0.2, 0.25) is 0 Å². The van der Waals surface area contributed by atoms with Gasteiger partial charge in [-0.3, -0.25) is 0 Å². The first kappa shape index (κ1) is 22.4. The van der Waals surface area contributed by atoms with E-state index in [2.05, 4.69) is 63.5 Å². The second-order valence-electron chi connectivity index (χ2n) is 10.0. The number of anilines is 2. The molecule has 1 N–H and O–H groups in total. The smallest absolute Gasteiger partial charge is 0.386 e. The van der Waals surface area contributed by atoms with Crippen LogP contribution in [0.5, 0.6) is 0 Å². The van der Waals surface area contributed by atoms with Crippen molar-refractivity contribution >= 4 is 61.8 Å². The number of rotatable bonds is 3. The number of carbonyl (C=O) groups is 1. The van der Waals surface area contributed by atoms with Gasteiger partial charge in [-0.05, 0) is 68.2 Å². The molecule has 3 aliphatic heterocycles. The van der Waals surface area contributed by atoms with Crippen LogP contribution in [-0.4, -0.2) is 37.0 Å². The van der Waals surface area contributed by atoms with Crippen LogP contribution in [0, 0.1) is 0 Å². The number of halogens is 1. The molecule has 0 saturated carbocycles. The van der Waals surface area contributed by atoms with E-state index >= 15 is 0 Å². The topological polar surface area (TPSA) is 50.7 Å². The maximum absolute atomic E-state index is 12.9. The van der Waals surface area contributed by atoms with Crippen LogP contribution < -0.4 is 20.1 Å². The van der Waals surface area contributed by atoms with Gasteiger partial charge in [0.1, 0.15) is 11.2 Å². The van der Waals surface area contributed by atoms with Crippen molar-refractivity contribution in [1.29, 1.82) is 0 Å². The zero-order chi connectivity index (χ0) is 23.4. The SMILES string of the molecule is CCc1cc2c(=[NH+]C(=O)CCI)c3cc4c5c(c3oc2c2c1N(C)CCC2)CCCN5CCC4. The maximum atomic E-state index is 12.9. The van der Waals surface area contributed by atoms with E-state index < -0.39 is 0 Å². The van der Waals surface area contributed by atoms with E-state index in [1.165, 1.54) is 40.0 Å². The average Bonchev–Trinajstić information content (AvgIpc) is 2.84. The number of hydrogen-bond acceptors (Lipinski definition) is 4. The normalized spacial score (nSPS) is 17.9. The first-order valence-electron chi connectivity index (χ1n) is 12.9. The van der Waals surface area contributed by atoms with Crippen LogP contribution in [0.15, 0.2) is 16.5 Å². The number of aryl methyl sites for hydroxylation is 4. The van der Waals surface area contributed by atoms with Gasteiger partial charge in [0.15, 0.2) is 0 Å². The van der Waals surface area contributed by atoms with Crippen molar-refractivity contribution in [3.63, 3.8) is 0 Å². The van der Waals surface area contributed by atoms with Gasteiger partial charge in [-0.2, -0.15) is 4.99 Å². The van der Waals surface area contributed by atoms with Gasteiger partial charge < -0.3 is 14.2 Å². The third kappa shape index (κ3) is 3.47. The second kappa shape index (κ2) is 8.85. The van der Waals surface area contributed by atoms with E-state index in [0.29, 0.717) is 6.42 Å². The van der Waals surface area contributed by atoms with Gasteiger partial charge >= 0.3 is 5.91 Å². The van der Waals surface area contributed by atoms with Crippen LogP contribution >= 0.6 is 22.6 Å². The lowest BCUT2D eigenvalue weighted by Gasteiger charge is -2.37. The summed E-state index contributed by atoms with van der Waals surface area (Å²) in [6.45, 7) is 5.58. The van der Waals surface area contributed by atoms with Gasteiger partial charge in [-0.1, -0.05) is 29.5 Å². The monoisotopic (exact) mass is 570 g/mol. The molecule has 0 atom stereocenters. The zero-order valence-corrected chi connectivity index (χ0v) is 22.4. The molecule has 0 unspecified atom stereocenters. The molecule has 34 heavy (non-hydrogen) atoms. The minimum atomic E-state index is 0.0871. The molecule has 2 aromatic carbocycles. The van der Waals surface area contributed by atoms with Crippen LogP contribution in [-0.2, 0) is 30.5 Å². The maximum Gasteiger partial charge on any atom is 0.386 e. The quantitative estimate of drug-likeness (QED) is 0.298. The molecule has 178 valence electrons. The van der Waals surface area contributed by atoms with Gasteiger partial charge in [0.2, 0.25) is 5.36 Å². The zero-order valence-electron chi connectivity index (χ0n) is 20.2. The molecular weight excluding hydrogens is 537 g/mol. The lowest BCUT2D eigenvalue weighted by atomic mass is 9.88. The molecule has 3 aromatic rings. The average molecular weight is 570 g/mol. The van der Waals surface area contributed by atoms with Gasteiger partial charge in [0.25, 0.3) is 0 Å². The molecule has 0 aliphatic carbocycles. The van der Waals surface area contributed by atoms with Gasteiger partial charge in [0.05, 0.1) is 17.2 Å². The number of amides is 1. The number of nitrogens with zero attached hydrogens (tertiary/aromatic N) is 2. The summed E-state index contributed by atoms with van der Waals surface area (Å²) >= 11 is 2.28. The molecule has 0 saturated heterocycles. The van der Waals surface area contributed by atoms with E-state index in [1.54, 1.807) is 0 Å². The molecule has 0 bridgehead atoms. The van der Waals surface area contributed by atoms with Gasteiger partial charge in [-0.25, -0.2) is 4.79 Å². The first-order chi connectivity index (χ1) is 16.6. The molecule has 6 heteroatoms. The molecule has 0 radical (unpaired) electrons. The van der Waals surface area contributed by atoms with Crippen molar-refractivity contribution in [2.24, 2.45) is 0 Å². The van der Waals surface area contributed by atoms with E-state index in [9.17, 15) is 4.79 Å². The Morgan fingerprint density at radius 3 is 2.41 bits per heavy atom. The van der Waals surface area contributed by atoms with E-state index in [0.717, 1.165) is 89.9 Å². The molecule has 3 aliphatic rings. The van der Waals surface area contributed by atoms with Gasteiger partial charge in [0, 0.05) is 53.6 Å². The summed E-state index contributed by atoms with van der Waals surface area (Å²) in [5.41, 5.74) is 10.1. The highest BCUT2D eigenvalue weighted by molar-refractivity contribution is 14.1. The van der Waals surface area contributed by atoms with Crippen LogP contribution in [0.1, 0.15) is 54.9 Å². The molecule has 1 aromatic heterocycles. The molecule has 0 spiro atoms. The summed E-state index contributed by atoms with van der Waals surface area (Å²) in [5.74, 6) is 0.0871. The Morgan fingerprint density at radius 2 is 1.68 bits per heavy atom. The highest BCUT2D eigenvalue weighted by Gasteiger charge is 2.30. The number of alkyl halides is 1. The Labute approximate surface area is 214 Å². The number of carbonyl (C=O) groups excluding carboxylic acids is 1. The fourth-order valence-corrected chi connectivity index (χ4v) is 6.95. The minimum Gasteiger partial charge on any atom is -0.455 e. The first-order valence-corrected chi connectivity index (χ1v) is 14.4. The van der Waals surface area contributed by atoms with Crippen molar-refractivity contribution < 1.29 is 14.2 Å². The van der Waals surface area contributed by atoms with Crippen molar-refractivity contribution in [3.05, 3.63) is 39.7 Å². The summed E-state index contributed by atoms with van der Waals surface area (Å²) in [4.78, 5) is 21.2. The second-order valence-corrected chi connectivity index (χ2v) is 11.1. The molecular formula is C28H33IN3O2+. The largest absolute Gasteiger partial charge is 0.455 e. The van der Waals surface area contributed by atoms with E-state index in [4.69, 9.17) is 4.42 Å². The molecule has 6 rings (SSSR count).